The van der Waals surface area contributed by atoms with Crippen LogP contribution < -0.4 is 5.32 Å². The summed E-state index contributed by atoms with van der Waals surface area (Å²) in [7, 11) is 1.68. The van der Waals surface area contributed by atoms with Gasteiger partial charge in [-0.3, -0.25) is 4.79 Å². The van der Waals surface area contributed by atoms with Crippen LogP contribution in [0, 0.1) is 0 Å². The fourth-order valence-corrected chi connectivity index (χ4v) is 3.17. The first kappa shape index (κ1) is 17.5. The number of aromatic nitrogens is 2. The van der Waals surface area contributed by atoms with Gasteiger partial charge in [-0.1, -0.05) is 42.5 Å². The number of methoxy groups -OCH3 is 1. The van der Waals surface area contributed by atoms with E-state index in [1.165, 1.54) is 0 Å². The van der Waals surface area contributed by atoms with Gasteiger partial charge in [0.15, 0.2) is 0 Å². The highest BCUT2D eigenvalue weighted by Gasteiger charge is 2.29. The molecule has 1 saturated carbocycles. The molecule has 1 aliphatic rings. The standard InChI is InChI=1S/C22H23N3O2/c1-27-15-17-7-5-6-16(12-17)14-23-22(26)21-13-20(18-10-11-18)24-25(21)19-8-3-2-4-9-19/h2-9,12-13,18H,10-11,14-15H2,1H3,(H,23,26). The number of nitrogens with one attached hydrogen (secondary N) is 1. The van der Waals surface area contributed by atoms with Crippen LogP contribution in [-0.4, -0.2) is 22.8 Å². The molecule has 1 N–H and O–H groups in total. The molecule has 5 nitrogen and oxygen atoms in total. The van der Waals surface area contributed by atoms with Crippen molar-refractivity contribution < 1.29 is 9.53 Å². The monoisotopic (exact) mass is 361 g/mol. The van der Waals surface area contributed by atoms with Crippen molar-refractivity contribution in [3.05, 3.63) is 83.2 Å². The van der Waals surface area contributed by atoms with Crippen LogP contribution in [0.25, 0.3) is 5.69 Å². The highest BCUT2D eigenvalue weighted by Crippen LogP contribution is 2.39. The van der Waals surface area contributed by atoms with Crippen LogP contribution in [0.5, 0.6) is 0 Å². The third-order valence-electron chi connectivity index (χ3n) is 4.71. The molecule has 1 amide bonds. The van der Waals surface area contributed by atoms with Gasteiger partial charge in [0.1, 0.15) is 5.69 Å². The van der Waals surface area contributed by atoms with E-state index in [9.17, 15) is 4.79 Å². The molecule has 1 aliphatic carbocycles. The summed E-state index contributed by atoms with van der Waals surface area (Å²) in [6.45, 7) is 1.03. The van der Waals surface area contributed by atoms with Crippen molar-refractivity contribution in [3.63, 3.8) is 0 Å². The van der Waals surface area contributed by atoms with Crippen molar-refractivity contribution in [2.45, 2.75) is 31.9 Å². The molecule has 138 valence electrons. The van der Waals surface area contributed by atoms with Crippen molar-refractivity contribution in [1.29, 1.82) is 0 Å². The van der Waals surface area contributed by atoms with E-state index in [1.807, 2.05) is 60.7 Å². The van der Waals surface area contributed by atoms with Crippen LogP contribution in [0.15, 0.2) is 60.7 Å². The van der Waals surface area contributed by atoms with Gasteiger partial charge in [0.05, 0.1) is 18.0 Å². The number of hydrogen-bond donors (Lipinski definition) is 1. The molecule has 4 rings (SSSR count). The van der Waals surface area contributed by atoms with Crippen LogP contribution >= 0.6 is 0 Å². The lowest BCUT2D eigenvalue weighted by atomic mass is 10.1. The minimum atomic E-state index is -0.115. The summed E-state index contributed by atoms with van der Waals surface area (Å²) in [6, 6.07) is 19.8. The van der Waals surface area contributed by atoms with E-state index < -0.39 is 0 Å². The summed E-state index contributed by atoms with van der Waals surface area (Å²) in [4.78, 5) is 12.9. The number of ether oxygens (including phenoxy) is 1. The molecule has 2 aromatic carbocycles. The minimum absolute atomic E-state index is 0.115. The third-order valence-corrected chi connectivity index (χ3v) is 4.71. The predicted molar refractivity (Wildman–Crippen MR) is 104 cm³/mol. The molecular formula is C22H23N3O2. The number of nitrogens with zero attached hydrogens (tertiary/aromatic N) is 2. The van der Waals surface area contributed by atoms with Gasteiger partial charge in [0.2, 0.25) is 0 Å². The zero-order valence-electron chi connectivity index (χ0n) is 15.4. The summed E-state index contributed by atoms with van der Waals surface area (Å²) in [5, 5.41) is 7.72. The Morgan fingerprint density at radius 3 is 2.63 bits per heavy atom. The Hall–Kier alpha value is -2.92. The summed E-state index contributed by atoms with van der Waals surface area (Å²) >= 11 is 0. The Labute approximate surface area is 159 Å². The molecule has 1 heterocycles. The van der Waals surface area contributed by atoms with E-state index in [4.69, 9.17) is 9.84 Å². The van der Waals surface area contributed by atoms with Gasteiger partial charge in [-0.05, 0) is 42.2 Å². The van der Waals surface area contributed by atoms with Gasteiger partial charge in [0.25, 0.3) is 5.91 Å². The van der Waals surface area contributed by atoms with Gasteiger partial charge >= 0.3 is 0 Å². The number of benzene rings is 2. The summed E-state index contributed by atoms with van der Waals surface area (Å²) in [5.41, 5.74) is 4.62. The van der Waals surface area contributed by atoms with E-state index >= 15 is 0 Å². The molecule has 1 fully saturated rings. The minimum Gasteiger partial charge on any atom is -0.380 e. The van der Waals surface area contributed by atoms with Crippen LogP contribution in [0.3, 0.4) is 0 Å². The first-order chi connectivity index (χ1) is 13.2. The van der Waals surface area contributed by atoms with Crippen molar-refractivity contribution in [1.82, 2.24) is 15.1 Å². The molecule has 0 radical (unpaired) electrons. The Bertz CT molecular complexity index is 930. The smallest absolute Gasteiger partial charge is 0.270 e. The molecule has 0 atom stereocenters. The first-order valence-corrected chi connectivity index (χ1v) is 9.25. The molecule has 5 heteroatoms. The number of carbonyl (C=O) groups is 1. The molecule has 3 aromatic rings. The highest BCUT2D eigenvalue weighted by molar-refractivity contribution is 5.93. The molecule has 0 bridgehead atoms. The SMILES string of the molecule is COCc1cccc(CNC(=O)c2cc(C3CC3)nn2-c2ccccc2)c1. The first-order valence-electron chi connectivity index (χ1n) is 9.25. The molecular weight excluding hydrogens is 338 g/mol. The third kappa shape index (κ3) is 4.09. The highest BCUT2D eigenvalue weighted by atomic mass is 16.5. The average Bonchev–Trinajstić information content (AvgIpc) is 3.46. The van der Waals surface area contributed by atoms with Crippen molar-refractivity contribution in [2.75, 3.05) is 7.11 Å². The second kappa shape index (κ2) is 7.76. The number of rotatable bonds is 7. The van der Waals surface area contributed by atoms with Crippen molar-refractivity contribution in [3.8, 4) is 5.69 Å². The van der Waals surface area contributed by atoms with E-state index in [0.29, 0.717) is 24.8 Å². The lowest BCUT2D eigenvalue weighted by Gasteiger charge is -2.09. The maximum absolute atomic E-state index is 12.9. The van der Waals surface area contributed by atoms with Gasteiger partial charge < -0.3 is 10.1 Å². The van der Waals surface area contributed by atoms with Gasteiger partial charge in [-0.25, -0.2) is 4.68 Å². The van der Waals surface area contributed by atoms with Crippen LogP contribution in [0.4, 0.5) is 0 Å². The molecule has 0 unspecified atom stereocenters. The molecule has 0 aliphatic heterocycles. The Balaban J connectivity index is 1.54. The fourth-order valence-electron chi connectivity index (χ4n) is 3.17. The molecule has 1 aromatic heterocycles. The van der Waals surface area contributed by atoms with Crippen LogP contribution in [-0.2, 0) is 17.9 Å². The summed E-state index contributed by atoms with van der Waals surface area (Å²) < 4.78 is 6.93. The van der Waals surface area contributed by atoms with Crippen LogP contribution in [0.2, 0.25) is 0 Å². The summed E-state index contributed by atoms with van der Waals surface area (Å²) in [5.74, 6) is 0.377. The van der Waals surface area contributed by atoms with Crippen molar-refractivity contribution in [2.24, 2.45) is 0 Å². The van der Waals surface area contributed by atoms with E-state index in [0.717, 1.165) is 35.3 Å². The maximum Gasteiger partial charge on any atom is 0.270 e. The summed E-state index contributed by atoms with van der Waals surface area (Å²) in [6.07, 6.45) is 2.30. The van der Waals surface area contributed by atoms with E-state index in [-0.39, 0.29) is 5.91 Å². The van der Waals surface area contributed by atoms with E-state index in [1.54, 1.807) is 11.8 Å². The average molecular weight is 361 g/mol. The van der Waals surface area contributed by atoms with Gasteiger partial charge in [0, 0.05) is 19.6 Å². The normalized spacial score (nSPS) is 13.5. The Kier molecular flexibility index (Phi) is 5.03. The Morgan fingerprint density at radius 1 is 1.11 bits per heavy atom. The zero-order valence-corrected chi connectivity index (χ0v) is 15.4. The maximum atomic E-state index is 12.9. The van der Waals surface area contributed by atoms with Gasteiger partial charge in [-0.15, -0.1) is 0 Å². The topological polar surface area (TPSA) is 56.1 Å². The van der Waals surface area contributed by atoms with Crippen molar-refractivity contribution >= 4 is 5.91 Å². The Morgan fingerprint density at radius 2 is 1.89 bits per heavy atom. The number of carbonyl (C=O) groups excluding carboxylic acids is 1. The lowest BCUT2D eigenvalue weighted by molar-refractivity contribution is 0.0943. The van der Waals surface area contributed by atoms with Gasteiger partial charge in [-0.2, -0.15) is 5.10 Å². The van der Waals surface area contributed by atoms with E-state index in [2.05, 4.69) is 5.32 Å². The zero-order chi connectivity index (χ0) is 18.6. The second-order valence-electron chi connectivity index (χ2n) is 6.91. The molecule has 27 heavy (non-hydrogen) atoms. The molecule has 0 saturated heterocycles. The quantitative estimate of drug-likeness (QED) is 0.696. The number of para-hydroxylation sites is 1. The number of hydrogen-bond acceptors (Lipinski definition) is 3. The largest absolute Gasteiger partial charge is 0.380 e. The predicted octanol–water partition coefficient (Wildman–Crippen LogP) is 3.83. The van der Waals surface area contributed by atoms with Crippen LogP contribution in [0.1, 0.15) is 46.1 Å². The lowest BCUT2D eigenvalue weighted by Crippen LogP contribution is -2.25. The second-order valence-corrected chi connectivity index (χ2v) is 6.91. The fraction of sp³-hybridized carbons (Fsp3) is 0.273. The molecule has 0 spiro atoms. The number of amides is 1.